The van der Waals surface area contributed by atoms with Crippen LogP contribution >= 0.6 is 11.8 Å². The van der Waals surface area contributed by atoms with E-state index in [0.29, 0.717) is 36.5 Å². The van der Waals surface area contributed by atoms with Crippen LogP contribution in [-0.4, -0.2) is 82.3 Å². The van der Waals surface area contributed by atoms with Gasteiger partial charge >= 0.3 is 12.1 Å². The molecule has 2 amide bonds. The van der Waals surface area contributed by atoms with E-state index in [1.54, 1.807) is 6.92 Å². The molecule has 0 radical (unpaired) electrons. The Bertz CT molecular complexity index is 1730. The lowest BCUT2D eigenvalue weighted by Gasteiger charge is -2.47. The number of amides is 2. The van der Waals surface area contributed by atoms with Gasteiger partial charge in [-0.15, -0.1) is 11.8 Å². The maximum atomic E-state index is 13.6. The Labute approximate surface area is 294 Å². The highest BCUT2D eigenvalue weighted by Crippen LogP contribution is 2.49. The molecule has 15 nitrogen and oxygen atoms in total. The van der Waals surface area contributed by atoms with Crippen molar-refractivity contribution in [2.75, 3.05) is 13.1 Å². The number of benzene rings is 2. The van der Waals surface area contributed by atoms with Crippen LogP contribution in [0, 0.1) is 26.1 Å². The number of nitrogens with zero attached hydrogens (tertiary/aromatic N) is 5. The number of β-lactam (4-membered cyclic amide) rings is 1. The summed E-state index contributed by atoms with van der Waals surface area (Å²) >= 11 is 1.52. The molecule has 3 unspecified atom stereocenters. The van der Waals surface area contributed by atoms with Crippen molar-refractivity contribution in [2.24, 2.45) is 10.9 Å². The number of nitro benzene ring substituents is 2. The van der Waals surface area contributed by atoms with E-state index in [1.807, 2.05) is 11.8 Å². The van der Waals surface area contributed by atoms with Crippen molar-refractivity contribution in [1.82, 2.24) is 9.80 Å². The minimum atomic E-state index is -1.94. The smallest absolute Gasteiger partial charge is 0.435 e. The molecule has 2 aromatic carbocycles. The molecule has 0 spiro atoms. The zero-order valence-corrected chi connectivity index (χ0v) is 30.2. The lowest BCUT2D eigenvalue weighted by Crippen LogP contribution is -2.63. The number of thioether (sulfide) groups is 1. The van der Waals surface area contributed by atoms with Crippen LogP contribution in [0.15, 0.2) is 64.1 Å². The van der Waals surface area contributed by atoms with Crippen LogP contribution in [0.2, 0.25) is 19.6 Å². The predicted octanol–water partition coefficient (Wildman–Crippen LogP) is 5.79. The molecule has 3 heterocycles. The zero-order chi connectivity index (χ0) is 36.3. The number of hydrogen-bond donors (Lipinski definition) is 0. The van der Waals surface area contributed by atoms with Gasteiger partial charge in [-0.3, -0.25) is 25.0 Å². The van der Waals surface area contributed by atoms with Crippen LogP contribution in [0.4, 0.5) is 16.2 Å². The molecule has 0 N–H and O–H groups in total. The SMILES string of the molecule is CC(=NC(=O)OCc1ccc([N+](=O)[O-])cc1)N1CCC(SC2=C(C(=O)OCc3ccc([N+](=O)[O-])cc3)N3C(=O)C(C(C)O[Si](C)(C)C)[C@H]3C2)C1. The fourth-order valence-electron chi connectivity index (χ4n) is 6.29. The van der Waals surface area contributed by atoms with Crippen LogP contribution in [0.1, 0.15) is 37.8 Å². The van der Waals surface area contributed by atoms with Crippen molar-refractivity contribution in [3.63, 3.8) is 0 Å². The standard InChI is InChI=1S/C33H39N5O10SSi/c1-20(48-50(3,4)5)29-27-16-28(30(36(27)31(29)39)32(40)46-18-22-6-10-24(11-7-22)37(42)43)49-26-14-15-35(17-26)21(2)34-33(41)47-19-23-8-12-25(13-9-23)38(44)45/h6-13,20,26-27,29H,14-19H2,1-5H3/t20?,26?,27-,29?/m1/s1. The highest BCUT2D eigenvalue weighted by molar-refractivity contribution is 8.03. The first kappa shape index (κ1) is 36.7. The Morgan fingerprint density at radius 3 is 2.08 bits per heavy atom. The maximum absolute atomic E-state index is 13.6. The Balaban J connectivity index is 1.24. The fraction of sp³-hybridized carbons (Fsp3) is 0.455. The van der Waals surface area contributed by atoms with Gasteiger partial charge in [0.1, 0.15) is 24.7 Å². The van der Waals surface area contributed by atoms with Crippen molar-refractivity contribution >= 4 is 55.3 Å². The highest BCUT2D eigenvalue weighted by atomic mass is 32.2. The number of aliphatic imine (C=N–C) groups is 1. The summed E-state index contributed by atoms with van der Waals surface area (Å²) in [4.78, 5) is 68.7. The third-order valence-corrected chi connectivity index (χ3v) is 11.0. The number of hydrogen-bond acceptors (Lipinski definition) is 11. The number of rotatable bonds is 12. The number of ether oxygens (including phenoxy) is 2. The van der Waals surface area contributed by atoms with Gasteiger partial charge in [0.15, 0.2) is 8.32 Å². The van der Waals surface area contributed by atoms with Gasteiger partial charge in [-0.05, 0) is 75.3 Å². The second-order valence-corrected chi connectivity index (χ2v) is 19.2. The van der Waals surface area contributed by atoms with Gasteiger partial charge in [0.25, 0.3) is 11.4 Å². The number of fused-ring (bicyclic) bond motifs is 1. The molecule has 17 heteroatoms. The van der Waals surface area contributed by atoms with Gasteiger partial charge in [-0.2, -0.15) is 4.99 Å². The average Bonchev–Trinajstić information content (AvgIpc) is 3.65. The Morgan fingerprint density at radius 2 is 1.54 bits per heavy atom. The molecular formula is C33H39N5O10SSi. The van der Waals surface area contributed by atoms with Crippen molar-refractivity contribution in [2.45, 2.75) is 76.9 Å². The lowest BCUT2D eigenvalue weighted by molar-refractivity contribution is -0.385. The number of amidine groups is 1. The molecule has 2 saturated heterocycles. The molecule has 0 bridgehead atoms. The van der Waals surface area contributed by atoms with Crippen LogP contribution in [0.3, 0.4) is 0 Å². The number of carbonyl (C=O) groups excluding carboxylic acids is 3. The van der Waals surface area contributed by atoms with Crippen molar-refractivity contribution in [3.8, 4) is 0 Å². The van der Waals surface area contributed by atoms with E-state index in [4.69, 9.17) is 13.9 Å². The summed E-state index contributed by atoms with van der Waals surface area (Å²) < 4.78 is 17.2. The van der Waals surface area contributed by atoms with E-state index in [2.05, 4.69) is 24.6 Å². The summed E-state index contributed by atoms with van der Waals surface area (Å²) in [6.45, 7) is 10.8. The molecular weight excluding hydrogens is 687 g/mol. The molecule has 266 valence electrons. The van der Waals surface area contributed by atoms with Gasteiger partial charge in [-0.1, -0.05) is 0 Å². The monoisotopic (exact) mass is 725 g/mol. The number of non-ortho nitro benzene ring substituents is 2. The molecule has 0 saturated carbocycles. The van der Waals surface area contributed by atoms with Gasteiger partial charge in [-0.25, -0.2) is 9.59 Å². The van der Waals surface area contributed by atoms with Crippen LogP contribution in [0.25, 0.3) is 0 Å². The molecule has 5 rings (SSSR count). The third kappa shape index (κ3) is 8.57. The van der Waals surface area contributed by atoms with Crippen molar-refractivity contribution in [1.29, 1.82) is 0 Å². The number of nitro groups is 2. The lowest BCUT2D eigenvalue weighted by atomic mass is 9.83. The van der Waals surface area contributed by atoms with E-state index in [1.165, 1.54) is 65.2 Å². The van der Waals surface area contributed by atoms with E-state index in [-0.39, 0.29) is 59.5 Å². The Kier molecular flexibility index (Phi) is 11.1. The number of carbonyl (C=O) groups is 3. The second-order valence-electron chi connectivity index (χ2n) is 13.3. The Hall–Kier alpha value is -4.61. The van der Waals surface area contributed by atoms with Crippen LogP contribution in [-0.2, 0) is 36.7 Å². The molecule has 3 aliphatic heterocycles. The number of likely N-dealkylation sites (tertiary alicyclic amines) is 1. The van der Waals surface area contributed by atoms with Crippen LogP contribution in [0.5, 0.6) is 0 Å². The largest absolute Gasteiger partial charge is 0.456 e. The summed E-state index contributed by atoms with van der Waals surface area (Å²) in [6.07, 6.45) is 0.137. The Morgan fingerprint density at radius 1 is 0.980 bits per heavy atom. The van der Waals surface area contributed by atoms with Gasteiger partial charge in [0.2, 0.25) is 5.91 Å². The minimum absolute atomic E-state index is 0.0339. The maximum Gasteiger partial charge on any atom is 0.435 e. The van der Waals surface area contributed by atoms with Crippen molar-refractivity contribution in [3.05, 3.63) is 90.5 Å². The summed E-state index contributed by atoms with van der Waals surface area (Å²) in [7, 11) is -1.94. The second kappa shape index (κ2) is 15.1. The third-order valence-electron chi connectivity index (χ3n) is 8.60. The van der Waals surface area contributed by atoms with E-state index < -0.39 is 30.2 Å². The van der Waals surface area contributed by atoms with Crippen LogP contribution < -0.4 is 0 Å². The molecule has 2 aromatic rings. The normalized spacial score (nSPS) is 21.1. The first-order valence-electron chi connectivity index (χ1n) is 16.1. The van der Waals surface area contributed by atoms with Gasteiger partial charge < -0.3 is 23.7 Å². The summed E-state index contributed by atoms with van der Waals surface area (Å²) in [5.41, 5.74) is 1.26. The molecule has 3 aliphatic rings. The molecule has 50 heavy (non-hydrogen) atoms. The first-order chi connectivity index (χ1) is 23.6. The van der Waals surface area contributed by atoms with E-state index in [9.17, 15) is 34.6 Å². The molecule has 2 fully saturated rings. The number of esters is 1. The van der Waals surface area contributed by atoms with E-state index >= 15 is 0 Å². The summed E-state index contributed by atoms with van der Waals surface area (Å²) in [5.74, 6) is -0.728. The molecule has 4 atom stereocenters. The topological polar surface area (TPSA) is 184 Å². The predicted molar refractivity (Wildman–Crippen MR) is 187 cm³/mol. The summed E-state index contributed by atoms with van der Waals surface area (Å²) in [6, 6.07) is 11.2. The quantitative estimate of drug-likeness (QED) is 0.0489. The zero-order valence-electron chi connectivity index (χ0n) is 28.4. The van der Waals surface area contributed by atoms with Gasteiger partial charge in [0, 0.05) is 53.9 Å². The highest BCUT2D eigenvalue weighted by Gasteiger charge is 2.58. The average molecular weight is 726 g/mol. The van der Waals surface area contributed by atoms with Gasteiger partial charge in [0.05, 0.1) is 27.9 Å². The summed E-state index contributed by atoms with van der Waals surface area (Å²) in [5, 5.41) is 21.9. The molecule has 0 aromatic heterocycles. The minimum Gasteiger partial charge on any atom is -0.456 e. The van der Waals surface area contributed by atoms with Crippen molar-refractivity contribution < 1.29 is 38.1 Å². The first-order valence-corrected chi connectivity index (χ1v) is 20.4. The fourth-order valence-corrected chi connectivity index (χ4v) is 8.99. The van der Waals surface area contributed by atoms with E-state index in [0.717, 1.165) is 11.3 Å². The molecule has 0 aliphatic carbocycles.